The van der Waals surface area contributed by atoms with Gasteiger partial charge in [0.2, 0.25) is 0 Å². The van der Waals surface area contributed by atoms with Gasteiger partial charge in [-0.2, -0.15) is 0 Å². The van der Waals surface area contributed by atoms with E-state index >= 15 is 0 Å². The van der Waals surface area contributed by atoms with Crippen LogP contribution in [0.1, 0.15) is 16.2 Å². The Bertz CT molecular complexity index is 962. The number of benzene rings is 1. The van der Waals surface area contributed by atoms with Crippen molar-refractivity contribution < 1.29 is 9.90 Å². The quantitative estimate of drug-likeness (QED) is 0.624. The summed E-state index contributed by atoms with van der Waals surface area (Å²) < 4.78 is 1.38. The average molecular weight is 340 g/mol. The molecule has 1 aromatic carbocycles. The van der Waals surface area contributed by atoms with E-state index in [0.29, 0.717) is 22.8 Å². The van der Waals surface area contributed by atoms with Gasteiger partial charge in [0.15, 0.2) is 5.69 Å². The molecule has 1 amide bonds. The first-order valence-electron chi connectivity index (χ1n) is 7.56. The number of carbonyl (C=O) groups excluding carboxylic acids is 1. The van der Waals surface area contributed by atoms with E-state index in [1.165, 1.54) is 16.9 Å². The number of aliphatic hydroxyl groups is 1. The topological polar surface area (TPSA) is 126 Å². The molecular formula is C16H16N6O3. The highest BCUT2D eigenvalue weighted by atomic mass is 16.3. The Labute approximate surface area is 142 Å². The second kappa shape index (κ2) is 7.05. The number of carbonyl (C=O) groups is 1. The van der Waals surface area contributed by atoms with Gasteiger partial charge in [0.05, 0.1) is 19.3 Å². The van der Waals surface area contributed by atoms with E-state index in [0.717, 1.165) is 0 Å². The van der Waals surface area contributed by atoms with Gasteiger partial charge in [0.1, 0.15) is 5.82 Å². The highest BCUT2D eigenvalue weighted by Gasteiger charge is 2.12. The molecule has 0 saturated heterocycles. The Kier molecular flexibility index (Phi) is 4.66. The molecule has 128 valence electrons. The highest BCUT2D eigenvalue weighted by Crippen LogP contribution is 2.19. The summed E-state index contributed by atoms with van der Waals surface area (Å²) in [5, 5.41) is 19.1. The maximum absolute atomic E-state index is 12.2. The summed E-state index contributed by atoms with van der Waals surface area (Å²) in [5.41, 5.74) is 1.71. The van der Waals surface area contributed by atoms with Crippen molar-refractivity contribution in [2.75, 3.05) is 11.9 Å². The first kappa shape index (κ1) is 16.5. The molecule has 0 atom stereocenters. The number of aromatic amines is 1. The molecule has 0 aliphatic rings. The summed E-state index contributed by atoms with van der Waals surface area (Å²) in [6, 6.07) is 8.35. The highest BCUT2D eigenvalue weighted by molar-refractivity contribution is 6.02. The number of rotatable bonds is 5. The molecular weight excluding hydrogens is 324 g/mol. The van der Waals surface area contributed by atoms with Crippen LogP contribution in [0.2, 0.25) is 0 Å². The van der Waals surface area contributed by atoms with Crippen molar-refractivity contribution in [1.82, 2.24) is 25.0 Å². The Morgan fingerprint density at radius 3 is 2.96 bits per heavy atom. The van der Waals surface area contributed by atoms with Gasteiger partial charge in [0, 0.05) is 23.0 Å². The van der Waals surface area contributed by atoms with E-state index < -0.39 is 5.91 Å². The largest absolute Gasteiger partial charge is 0.394 e. The maximum Gasteiger partial charge on any atom is 0.277 e. The van der Waals surface area contributed by atoms with Crippen LogP contribution in [0.3, 0.4) is 0 Å². The SMILES string of the molecule is Cc1cc(=O)[nH]c(-c2cccc(NC(=O)c3cn(CCO)nn3)c2)n1. The fourth-order valence-corrected chi connectivity index (χ4v) is 2.27. The molecule has 0 spiro atoms. The summed E-state index contributed by atoms with van der Waals surface area (Å²) in [5.74, 6) is 0.00187. The zero-order valence-electron chi connectivity index (χ0n) is 13.4. The van der Waals surface area contributed by atoms with Gasteiger partial charge >= 0.3 is 0 Å². The Hall–Kier alpha value is -3.33. The molecule has 2 heterocycles. The first-order valence-corrected chi connectivity index (χ1v) is 7.56. The zero-order chi connectivity index (χ0) is 17.8. The standard InChI is InChI=1S/C16H16N6O3/c1-10-7-14(24)19-15(17-10)11-3-2-4-12(8-11)18-16(25)13-9-22(5-6-23)21-20-13/h2-4,7-9,23H,5-6H2,1H3,(H,18,25)(H,17,19,24). The van der Waals surface area contributed by atoms with E-state index in [1.807, 2.05) is 0 Å². The summed E-state index contributed by atoms with van der Waals surface area (Å²) in [7, 11) is 0. The monoisotopic (exact) mass is 340 g/mol. The summed E-state index contributed by atoms with van der Waals surface area (Å²) in [6.45, 7) is 1.91. The molecule has 0 bridgehead atoms. The number of aliphatic hydroxyl groups excluding tert-OH is 1. The van der Waals surface area contributed by atoms with Crippen LogP contribution in [-0.2, 0) is 6.54 Å². The second-order valence-electron chi connectivity index (χ2n) is 5.36. The van der Waals surface area contributed by atoms with Gasteiger partial charge in [-0.05, 0) is 19.1 Å². The Morgan fingerprint density at radius 1 is 1.36 bits per heavy atom. The molecule has 9 heteroatoms. The van der Waals surface area contributed by atoms with Gasteiger partial charge in [-0.3, -0.25) is 9.59 Å². The normalized spacial score (nSPS) is 10.6. The van der Waals surface area contributed by atoms with E-state index in [4.69, 9.17) is 5.11 Å². The molecule has 3 rings (SSSR count). The molecule has 25 heavy (non-hydrogen) atoms. The van der Waals surface area contributed by atoms with Crippen molar-refractivity contribution in [2.24, 2.45) is 0 Å². The number of aryl methyl sites for hydroxylation is 1. The number of amides is 1. The van der Waals surface area contributed by atoms with Crippen LogP contribution in [0.25, 0.3) is 11.4 Å². The lowest BCUT2D eigenvalue weighted by Gasteiger charge is -2.06. The lowest BCUT2D eigenvalue weighted by molar-refractivity contribution is 0.102. The first-order chi connectivity index (χ1) is 12.0. The number of nitrogens with one attached hydrogen (secondary N) is 2. The number of H-pyrrole nitrogens is 1. The van der Waals surface area contributed by atoms with Crippen LogP contribution >= 0.6 is 0 Å². The van der Waals surface area contributed by atoms with Crippen molar-refractivity contribution >= 4 is 11.6 Å². The van der Waals surface area contributed by atoms with Gasteiger partial charge in [-0.15, -0.1) is 5.10 Å². The van der Waals surface area contributed by atoms with Gasteiger partial charge in [-0.1, -0.05) is 17.3 Å². The summed E-state index contributed by atoms with van der Waals surface area (Å²) >= 11 is 0. The molecule has 9 nitrogen and oxygen atoms in total. The Morgan fingerprint density at radius 2 is 2.20 bits per heavy atom. The third-order valence-corrected chi connectivity index (χ3v) is 3.36. The van der Waals surface area contributed by atoms with E-state index in [-0.39, 0.29) is 24.4 Å². The second-order valence-corrected chi connectivity index (χ2v) is 5.36. The van der Waals surface area contributed by atoms with E-state index in [9.17, 15) is 9.59 Å². The molecule has 0 unspecified atom stereocenters. The van der Waals surface area contributed by atoms with E-state index in [1.54, 1.807) is 31.2 Å². The molecule has 0 saturated carbocycles. The van der Waals surface area contributed by atoms with Gasteiger partial charge < -0.3 is 15.4 Å². The molecule has 0 aliphatic heterocycles. The van der Waals surface area contributed by atoms with Crippen LogP contribution in [0.15, 0.2) is 41.3 Å². The zero-order valence-corrected chi connectivity index (χ0v) is 13.4. The van der Waals surface area contributed by atoms with E-state index in [2.05, 4.69) is 25.6 Å². The fraction of sp³-hybridized carbons (Fsp3) is 0.188. The number of anilines is 1. The van der Waals surface area contributed by atoms with Crippen molar-refractivity contribution in [3.63, 3.8) is 0 Å². The van der Waals surface area contributed by atoms with Crippen molar-refractivity contribution in [3.05, 3.63) is 58.3 Å². The van der Waals surface area contributed by atoms with Crippen LogP contribution in [0.5, 0.6) is 0 Å². The maximum atomic E-state index is 12.2. The number of hydrogen-bond acceptors (Lipinski definition) is 6. The number of hydrogen-bond donors (Lipinski definition) is 3. The third-order valence-electron chi connectivity index (χ3n) is 3.36. The van der Waals surface area contributed by atoms with Crippen molar-refractivity contribution in [2.45, 2.75) is 13.5 Å². The minimum atomic E-state index is -0.424. The minimum absolute atomic E-state index is 0.0891. The predicted molar refractivity (Wildman–Crippen MR) is 90.1 cm³/mol. The summed E-state index contributed by atoms with van der Waals surface area (Å²) in [6.07, 6.45) is 1.45. The smallest absolute Gasteiger partial charge is 0.277 e. The van der Waals surface area contributed by atoms with Crippen LogP contribution in [0.4, 0.5) is 5.69 Å². The van der Waals surface area contributed by atoms with Crippen LogP contribution in [-0.4, -0.2) is 42.6 Å². The van der Waals surface area contributed by atoms with Gasteiger partial charge in [0.25, 0.3) is 11.5 Å². The number of nitrogens with zero attached hydrogens (tertiary/aromatic N) is 4. The molecule has 0 fully saturated rings. The molecule has 0 radical (unpaired) electrons. The minimum Gasteiger partial charge on any atom is -0.394 e. The third kappa shape index (κ3) is 3.96. The molecule has 3 aromatic rings. The number of aromatic nitrogens is 5. The van der Waals surface area contributed by atoms with Crippen LogP contribution < -0.4 is 10.9 Å². The molecule has 0 aliphatic carbocycles. The molecule has 2 aromatic heterocycles. The van der Waals surface area contributed by atoms with Gasteiger partial charge in [-0.25, -0.2) is 9.67 Å². The van der Waals surface area contributed by atoms with Crippen LogP contribution in [0, 0.1) is 6.92 Å². The lowest BCUT2D eigenvalue weighted by atomic mass is 10.2. The summed E-state index contributed by atoms with van der Waals surface area (Å²) in [4.78, 5) is 30.8. The van der Waals surface area contributed by atoms with Crippen molar-refractivity contribution in [3.8, 4) is 11.4 Å². The Balaban J connectivity index is 1.81. The molecule has 3 N–H and O–H groups in total. The lowest BCUT2D eigenvalue weighted by Crippen LogP contribution is -2.13. The fourth-order valence-electron chi connectivity index (χ4n) is 2.27. The predicted octanol–water partition coefficient (Wildman–Crippen LogP) is 0.581. The van der Waals surface area contributed by atoms with Crippen molar-refractivity contribution in [1.29, 1.82) is 0 Å². The average Bonchev–Trinajstić information content (AvgIpc) is 3.03.